The molecule has 1 aromatic heterocycles. The van der Waals surface area contributed by atoms with Crippen LogP contribution in [0.25, 0.3) is 10.9 Å². The fourth-order valence-electron chi connectivity index (χ4n) is 4.76. The fraction of sp³-hybridized carbons (Fsp3) is 0.267. The summed E-state index contributed by atoms with van der Waals surface area (Å²) in [4.78, 5) is 50.8. The summed E-state index contributed by atoms with van der Waals surface area (Å²) >= 11 is 0. The Labute approximate surface area is 221 Å². The molecule has 194 valence electrons. The summed E-state index contributed by atoms with van der Waals surface area (Å²) in [5, 5.41) is 0.568. The van der Waals surface area contributed by atoms with E-state index in [4.69, 9.17) is 0 Å². The molecule has 0 radical (unpaired) electrons. The third kappa shape index (κ3) is 5.75. The molecule has 5 rings (SSSR count). The monoisotopic (exact) mass is 509 g/mol. The maximum atomic E-state index is 13.1. The van der Waals surface area contributed by atoms with E-state index in [1.54, 1.807) is 13.0 Å². The molecule has 0 atom stereocenters. The number of carbonyl (C=O) groups excluding carboxylic acids is 2. The average Bonchev–Trinajstić information content (AvgIpc) is 2.95. The molecule has 3 aromatic carbocycles. The molecule has 0 saturated carbocycles. The lowest BCUT2D eigenvalue weighted by Crippen LogP contribution is -2.49. The number of aromatic nitrogens is 2. The van der Waals surface area contributed by atoms with E-state index < -0.39 is 0 Å². The zero-order valence-electron chi connectivity index (χ0n) is 21.5. The summed E-state index contributed by atoms with van der Waals surface area (Å²) in [7, 11) is 0. The van der Waals surface area contributed by atoms with Crippen LogP contribution in [0.2, 0.25) is 0 Å². The van der Waals surface area contributed by atoms with Gasteiger partial charge in [-0.3, -0.25) is 19.4 Å². The highest BCUT2D eigenvalue weighted by Crippen LogP contribution is 2.16. The van der Waals surface area contributed by atoms with E-state index in [1.165, 1.54) is 0 Å². The van der Waals surface area contributed by atoms with Gasteiger partial charge in [0.15, 0.2) is 0 Å². The van der Waals surface area contributed by atoms with Crippen LogP contribution >= 0.6 is 0 Å². The Hall–Kier alpha value is -4.46. The van der Waals surface area contributed by atoms with Crippen LogP contribution in [-0.4, -0.2) is 64.3 Å². The third-order valence-electron chi connectivity index (χ3n) is 7.00. The Morgan fingerprint density at radius 3 is 2.26 bits per heavy atom. The molecule has 0 spiro atoms. The second-order valence-corrected chi connectivity index (χ2v) is 9.56. The number of amides is 2. The van der Waals surface area contributed by atoms with Crippen LogP contribution in [0.15, 0.2) is 83.7 Å². The molecular formula is C30H31N5O3. The van der Waals surface area contributed by atoms with Crippen molar-refractivity contribution in [3.63, 3.8) is 0 Å². The lowest BCUT2D eigenvalue weighted by molar-refractivity contribution is -0.129. The fourth-order valence-corrected chi connectivity index (χ4v) is 4.76. The van der Waals surface area contributed by atoms with Gasteiger partial charge in [-0.25, -0.2) is 4.98 Å². The summed E-state index contributed by atoms with van der Waals surface area (Å²) in [6.45, 7) is 5.07. The molecule has 8 heteroatoms. The van der Waals surface area contributed by atoms with Crippen LogP contribution in [0.4, 0.5) is 5.95 Å². The predicted octanol–water partition coefficient (Wildman–Crippen LogP) is 3.48. The lowest BCUT2D eigenvalue weighted by Gasteiger charge is -2.35. The van der Waals surface area contributed by atoms with Crippen molar-refractivity contribution < 1.29 is 9.59 Å². The van der Waals surface area contributed by atoms with E-state index in [1.807, 2.05) is 87.5 Å². The number of aromatic amines is 1. The van der Waals surface area contributed by atoms with Crippen molar-refractivity contribution in [3.8, 4) is 0 Å². The first-order valence-electron chi connectivity index (χ1n) is 12.9. The molecule has 0 aliphatic carbocycles. The third-order valence-corrected chi connectivity index (χ3v) is 7.00. The molecule has 1 aliphatic heterocycles. The van der Waals surface area contributed by atoms with E-state index in [0.717, 1.165) is 17.5 Å². The summed E-state index contributed by atoms with van der Waals surface area (Å²) in [5.74, 6) is 0.574. The standard InChI is InChI=1S/C30H31N5O3/c1-22(36)35(21-24-7-3-2-4-8-24)16-15-23-11-13-25(14-12-23)29(38)33-17-19-34(20-18-33)30-31-27-10-6-5-9-26(27)28(37)32-30/h2-14H,15-21H2,1H3,(H,31,32,37). The number of piperazine rings is 1. The predicted molar refractivity (Wildman–Crippen MR) is 148 cm³/mol. The zero-order chi connectivity index (χ0) is 26.5. The minimum atomic E-state index is -0.157. The maximum absolute atomic E-state index is 13.1. The minimum absolute atomic E-state index is 0.00870. The van der Waals surface area contributed by atoms with Crippen molar-refractivity contribution in [1.82, 2.24) is 19.8 Å². The molecule has 1 aliphatic rings. The number of rotatable bonds is 7. The second-order valence-electron chi connectivity index (χ2n) is 9.56. The number of benzene rings is 3. The molecule has 1 fully saturated rings. The highest BCUT2D eigenvalue weighted by Gasteiger charge is 2.24. The van der Waals surface area contributed by atoms with Crippen LogP contribution in [0.3, 0.4) is 0 Å². The summed E-state index contributed by atoms with van der Waals surface area (Å²) in [5.41, 5.74) is 3.34. The Balaban J connectivity index is 1.16. The van der Waals surface area contributed by atoms with Crippen molar-refractivity contribution in [2.24, 2.45) is 0 Å². The van der Waals surface area contributed by atoms with Gasteiger partial charge < -0.3 is 14.7 Å². The molecule has 1 saturated heterocycles. The van der Waals surface area contributed by atoms with Crippen LogP contribution in [-0.2, 0) is 17.8 Å². The highest BCUT2D eigenvalue weighted by atomic mass is 16.2. The largest absolute Gasteiger partial charge is 0.339 e. The molecule has 38 heavy (non-hydrogen) atoms. The molecule has 2 heterocycles. The number of fused-ring (bicyclic) bond motifs is 1. The highest BCUT2D eigenvalue weighted by molar-refractivity contribution is 5.94. The van der Waals surface area contributed by atoms with Crippen LogP contribution in [0, 0.1) is 0 Å². The topological polar surface area (TPSA) is 89.6 Å². The Kier molecular flexibility index (Phi) is 7.49. The first-order chi connectivity index (χ1) is 18.5. The van der Waals surface area contributed by atoms with Crippen LogP contribution in [0.1, 0.15) is 28.4 Å². The van der Waals surface area contributed by atoms with Gasteiger partial charge in [-0.1, -0.05) is 54.6 Å². The van der Waals surface area contributed by atoms with Gasteiger partial charge in [-0.15, -0.1) is 0 Å². The normalized spacial score (nSPS) is 13.5. The molecule has 2 amide bonds. The summed E-state index contributed by atoms with van der Waals surface area (Å²) in [6, 6.07) is 24.9. The summed E-state index contributed by atoms with van der Waals surface area (Å²) < 4.78 is 0. The Morgan fingerprint density at radius 1 is 0.868 bits per heavy atom. The van der Waals surface area contributed by atoms with Gasteiger partial charge in [0.05, 0.1) is 10.9 Å². The van der Waals surface area contributed by atoms with E-state index in [2.05, 4.69) is 9.97 Å². The van der Waals surface area contributed by atoms with Crippen molar-refractivity contribution in [3.05, 3.63) is 106 Å². The Morgan fingerprint density at radius 2 is 1.55 bits per heavy atom. The number of H-pyrrole nitrogens is 1. The molecule has 8 nitrogen and oxygen atoms in total. The number of para-hydroxylation sites is 1. The first kappa shape index (κ1) is 25.2. The van der Waals surface area contributed by atoms with Gasteiger partial charge in [-0.05, 0) is 41.8 Å². The van der Waals surface area contributed by atoms with Gasteiger partial charge in [0.2, 0.25) is 11.9 Å². The molecule has 1 N–H and O–H groups in total. The van der Waals surface area contributed by atoms with Crippen LogP contribution in [0.5, 0.6) is 0 Å². The molecule has 0 bridgehead atoms. The molecular weight excluding hydrogens is 478 g/mol. The van der Waals surface area contributed by atoms with Gasteiger partial charge in [0.25, 0.3) is 11.5 Å². The number of nitrogens with one attached hydrogen (secondary N) is 1. The number of hydrogen-bond donors (Lipinski definition) is 1. The van der Waals surface area contributed by atoms with Crippen molar-refractivity contribution in [2.75, 3.05) is 37.6 Å². The molecule has 4 aromatic rings. The maximum Gasteiger partial charge on any atom is 0.260 e. The number of carbonyl (C=O) groups is 2. The van der Waals surface area contributed by atoms with E-state index in [-0.39, 0.29) is 17.4 Å². The zero-order valence-corrected chi connectivity index (χ0v) is 21.5. The van der Waals surface area contributed by atoms with Crippen molar-refractivity contribution >= 4 is 28.7 Å². The van der Waals surface area contributed by atoms with E-state index >= 15 is 0 Å². The number of anilines is 1. The number of nitrogens with zero attached hydrogens (tertiary/aromatic N) is 4. The average molecular weight is 510 g/mol. The minimum Gasteiger partial charge on any atom is -0.339 e. The SMILES string of the molecule is CC(=O)N(CCc1ccc(C(=O)N2CCN(c3nc4ccccc4c(=O)[nH]3)CC2)cc1)Cc1ccccc1. The van der Waals surface area contributed by atoms with Gasteiger partial charge in [0.1, 0.15) is 0 Å². The Bertz CT molecular complexity index is 1480. The second kappa shape index (κ2) is 11.3. The van der Waals surface area contributed by atoms with Crippen molar-refractivity contribution in [1.29, 1.82) is 0 Å². The smallest absolute Gasteiger partial charge is 0.260 e. The van der Waals surface area contributed by atoms with Gasteiger partial charge >= 0.3 is 0 Å². The lowest BCUT2D eigenvalue weighted by atomic mass is 10.1. The van der Waals surface area contributed by atoms with E-state index in [9.17, 15) is 14.4 Å². The van der Waals surface area contributed by atoms with Crippen LogP contribution < -0.4 is 10.5 Å². The van der Waals surface area contributed by atoms with Gasteiger partial charge in [0, 0.05) is 51.8 Å². The number of hydrogen-bond acceptors (Lipinski definition) is 5. The molecule has 0 unspecified atom stereocenters. The van der Waals surface area contributed by atoms with Crippen molar-refractivity contribution in [2.45, 2.75) is 19.9 Å². The summed E-state index contributed by atoms with van der Waals surface area (Å²) in [6.07, 6.45) is 0.719. The quantitative estimate of drug-likeness (QED) is 0.412. The van der Waals surface area contributed by atoms with E-state index in [0.29, 0.717) is 61.7 Å². The first-order valence-corrected chi connectivity index (χ1v) is 12.9. The van der Waals surface area contributed by atoms with Gasteiger partial charge in [-0.2, -0.15) is 0 Å².